The van der Waals surface area contributed by atoms with Gasteiger partial charge in [-0.05, 0) is 67.2 Å². The van der Waals surface area contributed by atoms with E-state index in [0.717, 1.165) is 35.7 Å². The quantitative estimate of drug-likeness (QED) is 0.781. The van der Waals surface area contributed by atoms with Crippen LogP contribution in [0.1, 0.15) is 32.1 Å². The first-order valence-corrected chi connectivity index (χ1v) is 6.59. The molecule has 3 aliphatic carbocycles. The molecule has 0 aromatic rings. The van der Waals surface area contributed by atoms with Crippen molar-refractivity contribution in [1.29, 1.82) is 0 Å². The first-order chi connectivity index (χ1) is 7.87. The molecule has 0 aromatic carbocycles. The molecule has 86 valence electrons. The fraction of sp³-hybridized carbons (Fsp3) is 0.714. The van der Waals surface area contributed by atoms with Gasteiger partial charge in [-0.1, -0.05) is 0 Å². The SMILES string of the molecule is C1=CNCC(OCCC2C3(CC3)C23CC3)=C1. The molecule has 0 radical (unpaired) electrons. The van der Waals surface area contributed by atoms with Crippen LogP contribution in [0, 0.1) is 16.7 Å². The molecule has 16 heavy (non-hydrogen) atoms. The Morgan fingerprint density at radius 2 is 2.00 bits per heavy atom. The number of hydrogen-bond donors (Lipinski definition) is 1. The predicted octanol–water partition coefficient (Wildman–Crippen LogP) is 2.58. The van der Waals surface area contributed by atoms with Crippen LogP contribution in [0.5, 0.6) is 0 Å². The number of rotatable bonds is 4. The molecule has 4 rings (SSSR count). The average molecular weight is 217 g/mol. The zero-order valence-electron chi connectivity index (χ0n) is 9.67. The lowest BCUT2D eigenvalue weighted by atomic mass is 10.2. The molecule has 1 aliphatic heterocycles. The van der Waals surface area contributed by atoms with E-state index in [2.05, 4.69) is 11.4 Å². The van der Waals surface area contributed by atoms with Gasteiger partial charge in [-0.15, -0.1) is 0 Å². The minimum Gasteiger partial charge on any atom is -0.496 e. The Bertz CT molecular complexity index is 356. The van der Waals surface area contributed by atoms with Crippen molar-refractivity contribution in [1.82, 2.24) is 5.32 Å². The van der Waals surface area contributed by atoms with E-state index in [1.54, 1.807) is 0 Å². The van der Waals surface area contributed by atoms with Crippen molar-refractivity contribution in [2.45, 2.75) is 32.1 Å². The summed E-state index contributed by atoms with van der Waals surface area (Å²) >= 11 is 0. The van der Waals surface area contributed by atoms with Crippen molar-refractivity contribution in [2.75, 3.05) is 13.2 Å². The van der Waals surface area contributed by atoms with E-state index in [0.29, 0.717) is 0 Å². The highest BCUT2D eigenvalue weighted by molar-refractivity contribution is 5.34. The first kappa shape index (κ1) is 9.15. The molecule has 4 aliphatic rings. The number of allylic oxidation sites excluding steroid dienone is 2. The van der Waals surface area contributed by atoms with Crippen LogP contribution in [-0.2, 0) is 4.74 Å². The van der Waals surface area contributed by atoms with Crippen LogP contribution < -0.4 is 5.32 Å². The fourth-order valence-electron chi connectivity index (χ4n) is 4.20. The summed E-state index contributed by atoms with van der Waals surface area (Å²) in [6, 6.07) is 0. The molecule has 2 nitrogen and oxygen atoms in total. The second-order valence-corrected chi connectivity index (χ2v) is 5.87. The first-order valence-electron chi connectivity index (χ1n) is 6.59. The van der Waals surface area contributed by atoms with Crippen molar-refractivity contribution in [3.8, 4) is 0 Å². The van der Waals surface area contributed by atoms with Crippen LogP contribution in [0.25, 0.3) is 0 Å². The fourth-order valence-corrected chi connectivity index (χ4v) is 4.20. The van der Waals surface area contributed by atoms with Crippen molar-refractivity contribution < 1.29 is 4.74 Å². The Morgan fingerprint density at radius 1 is 1.25 bits per heavy atom. The third-order valence-corrected chi connectivity index (χ3v) is 5.29. The maximum absolute atomic E-state index is 5.82. The molecule has 0 atom stereocenters. The summed E-state index contributed by atoms with van der Waals surface area (Å²) in [6.07, 6.45) is 13.4. The van der Waals surface area contributed by atoms with Gasteiger partial charge in [-0.3, -0.25) is 0 Å². The minimum absolute atomic E-state index is 0.843. The molecule has 0 unspecified atom stereocenters. The van der Waals surface area contributed by atoms with Gasteiger partial charge >= 0.3 is 0 Å². The van der Waals surface area contributed by atoms with Crippen LogP contribution >= 0.6 is 0 Å². The maximum atomic E-state index is 5.82. The standard InChI is InChI=1S/C14H19NO/c1-2-11(10-15-8-1)16-9-3-12-13(4-5-13)14(12)6-7-14/h1-2,8,12,15H,3-7,9-10H2. The zero-order valence-corrected chi connectivity index (χ0v) is 9.67. The third kappa shape index (κ3) is 1.08. The van der Waals surface area contributed by atoms with Gasteiger partial charge in [0.2, 0.25) is 0 Å². The lowest BCUT2D eigenvalue weighted by molar-refractivity contribution is 0.193. The van der Waals surface area contributed by atoms with Gasteiger partial charge in [0, 0.05) is 0 Å². The molecular weight excluding hydrogens is 198 g/mol. The summed E-state index contributed by atoms with van der Waals surface area (Å²) in [7, 11) is 0. The highest BCUT2D eigenvalue weighted by atomic mass is 16.5. The third-order valence-electron chi connectivity index (χ3n) is 5.29. The summed E-state index contributed by atoms with van der Waals surface area (Å²) in [6.45, 7) is 1.78. The van der Waals surface area contributed by atoms with E-state index >= 15 is 0 Å². The van der Waals surface area contributed by atoms with Gasteiger partial charge in [-0.2, -0.15) is 0 Å². The number of hydrogen-bond acceptors (Lipinski definition) is 2. The van der Waals surface area contributed by atoms with Crippen molar-refractivity contribution in [3.05, 3.63) is 24.1 Å². The summed E-state index contributed by atoms with van der Waals surface area (Å²) < 4.78 is 5.82. The number of nitrogens with one attached hydrogen (secondary N) is 1. The zero-order chi connectivity index (χ0) is 10.6. The molecule has 2 spiro atoms. The lowest BCUT2D eigenvalue weighted by Gasteiger charge is -2.12. The normalized spacial score (nSPS) is 31.1. The number of ether oxygens (including phenoxy) is 1. The molecule has 3 fully saturated rings. The second-order valence-electron chi connectivity index (χ2n) is 5.87. The molecular formula is C14H19NO. The largest absolute Gasteiger partial charge is 0.496 e. The molecule has 0 aromatic heterocycles. The Balaban J connectivity index is 1.28. The highest BCUT2D eigenvalue weighted by Crippen LogP contribution is 2.93. The van der Waals surface area contributed by atoms with E-state index in [9.17, 15) is 0 Å². The van der Waals surface area contributed by atoms with Crippen molar-refractivity contribution in [3.63, 3.8) is 0 Å². The van der Waals surface area contributed by atoms with Crippen LogP contribution in [0.2, 0.25) is 0 Å². The predicted molar refractivity (Wildman–Crippen MR) is 62.6 cm³/mol. The second kappa shape index (κ2) is 2.85. The van der Waals surface area contributed by atoms with E-state index in [1.807, 2.05) is 12.3 Å². The van der Waals surface area contributed by atoms with Crippen LogP contribution in [0.15, 0.2) is 24.1 Å². The average Bonchev–Trinajstić information content (AvgIpc) is 3.20. The van der Waals surface area contributed by atoms with E-state index in [1.165, 1.54) is 32.1 Å². The summed E-state index contributed by atoms with van der Waals surface area (Å²) in [5.41, 5.74) is 1.69. The van der Waals surface area contributed by atoms with Crippen LogP contribution in [-0.4, -0.2) is 13.2 Å². The maximum Gasteiger partial charge on any atom is 0.115 e. The lowest BCUT2D eigenvalue weighted by Crippen LogP contribution is -2.15. The van der Waals surface area contributed by atoms with Gasteiger partial charge in [0.15, 0.2) is 0 Å². The van der Waals surface area contributed by atoms with E-state index in [-0.39, 0.29) is 0 Å². The van der Waals surface area contributed by atoms with Crippen molar-refractivity contribution >= 4 is 0 Å². The molecule has 0 amide bonds. The molecule has 0 bridgehead atoms. The number of dihydropyridines is 1. The molecule has 1 N–H and O–H groups in total. The van der Waals surface area contributed by atoms with Crippen molar-refractivity contribution in [2.24, 2.45) is 16.7 Å². The van der Waals surface area contributed by atoms with Crippen LogP contribution in [0.3, 0.4) is 0 Å². The monoisotopic (exact) mass is 217 g/mol. The molecule has 1 heterocycles. The van der Waals surface area contributed by atoms with Gasteiger partial charge in [0.25, 0.3) is 0 Å². The summed E-state index contributed by atoms with van der Waals surface area (Å²) in [5, 5.41) is 3.17. The van der Waals surface area contributed by atoms with Gasteiger partial charge in [-0.25, -0.2) is 0 Å². The summed E-state index contributed by atoms with van der Waals surface area (Å²) in [5.74, 6) is 2.12. The van der Waals surface area contributed by atoms with E-state index in [4.69, 9.17) is 4.74 Å². The molecule has 0 saturated heterocycles. The Kier molecular flexibility index (Phi) is 1.63. The van der Waals surface area contributed by atoms with Gasteiger partial charge in [0.1, 0.15) is 5.76 Å². The minimum atomic E-state index is 0.843. The Hall–Kier alpha value is -0.920. The Labute approximate surface area is 96.7 Å². The van der Waals surface area contributed by atoms with Crippen LogP contribution in [0.4, 0.5) is 0 Å². The molecule has 3 saturated carbocycles. The Morgan fingerprint density at radius 3 is 2.56 bits per heavy atom. The smallest absolute Gasteiger partial charge is 0.115 e. The molecule has 2 heteroatoms. The van der Waals surface area contributed by atoms with Gasteiger partial charge < -0.3 is 10.1 Å². The number of fused-ring (bicyclic) bond motifs is 1. The topological polar surface area (TPSA) is 21.3 Å². The highest BCUT2D eigenvalue weighted by Gasteiger charge is 2.85. The van der Waals surface area contributed by atoms with E-state index < -0.39 is 0 Å². The van der Waals surface area contributed by atoms with Gasteiger partial charge in [0.05, 0.1) is 13.2 Å². The summed E-state index contributed by atoms with van der Waals surface area (Å²) in [4.78, 5) is 0.